The van der Waals surface area contributed by atoms with Crippen LogP contribution in [0.1, 0.15) is 11.1 Å². The van der Waals surface area contributed by atoms with Crippen molar-refractivity contribution in [2.45, 2.75) is 6.92 Å². The molecule has 0 unspecified atom stereocenters. The van der Waals surface area contributed by atoms with E-state index in [1.807, 2.05) is 6.07 Å². The van der Waals surface area contributed by atoms with Gasteiger partial charge in [0.05, 0.1) is 18.7 Å². The zero-order valence-electron chi connectivity index (χ0n) is 10.3. The minimum atomic E-state index is 0.327. The Morgan fingerprint density at radius 1 is 1.21 bits per heavy atom. The fraction of sp³-hybridized carbons (Fsp3) is 0.154. The van der Waals surface area contributed by atoms with E-state index in [1.54, 1.807) is 25.1 Å². The summed E-state index contributed by atoms with van der Waals surface area (Å²) < 4.78 is 10.7. The predicted octanol–water partition coefficient (Wildman–Crippen LogP) is 3.11. The number of nitriles is 1. The molecular weight excluding hydrogens is 266 g/mol. The van der Waals surface area contributed by atoms with Gasteiger partial charge in [-0.25, -0.2) is 9.97 Å². The molecule has 19 heavy (non-hydrogen) atoms. The minimum Gasteiger partial charge on any atom is -0.497 e. The van der Waals surface area contributed by atoms with Crippen LogP contribution in [0.4, 0.5) is 0 Å². The Bertz CT molecular complexity index is 653. The summed E-state index contributed by atoms with van der Waals surface area (Å²) in [6.07, 6.45) is 1.32. The quantitative estimate of drug-likeness (QED) is 0.805. The van der Waals surface area contributed by atoms with Crippen LogP contribution in [-0.2, 0) is 0 Å². The largest absolute Gasteiger partial charge is 0.497 e. The highest BCUT2D eigenvalue weighted by Gasteiger charge is 2.09. The van der Waals surface area contributed by atoms with E-state index >= 15 is 0 Å². The number of hydrogen-bond donors (Lipinski definition) is 0. The molecular formula is C13H10ClN3O2. The standard InChI is InChI=1S/C13H10ClN3O2/c1-8-12(14)16-7-17-13(8)19-11-4-9(6-15)3-10(5-11)18-2/h3-5,7H,1-2H3. The second-order valence-corrected chi connectivity index (χ2v) is 4.06. The van der Waals surface area contributed by atoms with E-state index in [4.69, 9.17) is 26.3 Å². The molecule has 0 amide bonds. The van der Waals surface area contributed by atoms with Gasteiger partial charge in [0.25, 0.3) is 0 Å². The van der Waals surface area contributed by atoms with Gasteiger partial charge in [-0.3, -0.25) is 0 Å². The SMILES string of the molecule is COc1cc(C#N)cc(Oc2ncnc(Cl)c2C)c1. The first-order chi connectivity index (χ1) is 9.13. The van der Waals surface area contributed by atoms with Crippen LogP contribution in [0, 0.1) is 18.3 Å². The molecule has 0 bridgehead atoms. The van der Waals surface area contributed by atoms with Gasteiger partial charge in [-0.2, -0.15) is 5.26 Å². The van der Waals surface area contributed by atoms with Gasteiger partial charge in [0.2, 0.25) is 5.88 Å². The van der Waals surface area contributed by atoms with Crippen molar-refractivity contribution in [2.24, 2.45) is 0 Å². The highest BCUT2D eigenvalue weighted by atomic mass is 35.5. The van der Waals surface area contributed by atoms with Crippen LogP contribution in [0.25, 0.3) is 0 Å². The van der Waals surface area contributed by atoms with E-state index in [2.05, 4.69) is 9.97 Å². The highest BCUT2D eigenvalue weighted by molar-refractivity contribution is 6.30. The maximum atomic E-state index is 8.94. The summed E-state index contributed by atoms with van der Waals surface area (Å²) in [5, 5.41) is 9.27. The number of hydrogen-bond acceptors (Lipinski definition) is 5. The number of nitrogens with zero attached hydrogens (tertiary/aromatic N) is 3. The van der Waals surface area contributed by atoms with E-state index in [-0.39, 0.29) is 0 Å². The summed E-state index contributed by atoms with van der Waals surface area (Å²) in [7, 11) is 1.52. The van der Waals surface area contributed by atoms with Crippen molar-refractivity contribution in [3.63, 3.8) is 0 Å². The maximum absolute atomic E-state index is 8.94. The summed E-state index contributed by atoms with van der Waals surface area (Å²) in [4.78, 5) is 7.85. The zero-order valence-corrected chi connectivity index (χ0v) is 11.1. The fourth-order valence-corrected chi connectivity index (χ4v) is 1.57. The van der Waals surface area contributed by atoms with Gasteiger partial charge >= 0.3 is 0 Å². The normalized spacial score (nSPS) is 9.79. The van der Waals surface area contributed by atoms with Crippen molar-refractivity contribution < 1.29 is 9.47 Å². The van der Waals surface area contributed by atoms with Crippen LogP contribution >= 0.6 is 11.6 Å². The van der Waals surface area contributed by atoms with Gasteiger partial charge < -0.3 is 9.47 Å². The van der Waals surface area contributed by atoms with Gasteiger partial charge in [-0.15, -0.1) is 0 Å². The van der Waals surface area contributed by atoms with E-state index < -0.39 is 0 Å². The smallest absolute Gasteiger partial charge is 0.226 e. The third-order valence-corrected chi connectivity index (χ3v) is 2.82. The molecule has 2 rings (SSSR count). The summed E-state index contributed by atoms with van der Waals surface area (Å²) >= 11 is 5.89. The monoisotopic (exact) mass is 275 g/mol. The highest BCUT2D eigenvalue weighted by Crippen LogP contribution is 2.29. The Kier molecular flexibility index (Phi) is 3.83. The van der Waals surface area contributed by atoms with Crippen molar-refractivity contribution in [1.29, 1.82) is 5.26 Å². The van der Waals surface area contributed by atoms with Crippen molar-refractivity contribution in [3.8, 4) is 23.4 Å². The molecule has 6 heteroatoms. The first-order valence-electron chi connectivity index (χ1n) is 5.38. The lowest BCUT2D eigenvalue weighted by atomic mass is 10.2. The summed E-state index contributed by atoms with van der Waals surface area (Å²) in [5.41, 5.74) is 1.07. The topological polar surface area (TPSA) is 68.0 Å². The van der Waals surface area contributed by atoms with Crippen LogP contribution in [0.5, 0.6) is 17.4 Å². The molecule has 0 aliphatic carbocycles. The van der Waals surface area contributed by atoms with Gasteiger partial charge in [-0.05, 0) is 19.1 Å². The number of ether oxygens (including phenoxy) is 2. The Balaban J connectivity index is 2.38. The molecule has 1 aromatic carbocycles. The lowest BCUT2D eigenvalue weighted by molar-refractivity contribution is 0.406. The van der Waals surface area contributed by atoms with Crippen molar-refractivity contribution in [2.75, 3.05) is 7.11 Å². The number of benzene rings is 1. The molecule has 96 valence electrons. The average Bonchev–Trinajstić information content (AvgIpc) is 2.43. The first kappa shape index (κ1) is 13.1. The van der Waals surface area contributed by atoms with Crippen LogP contribution in [0.2, 0.25) is 5.15 Å². The molecule has 1 aromatic heterocycles. The molecule has 1 heterocycles. The van der Waals surface area contributed by atoms with Gasteiger partial charge in [0, 0.05) is 11.6 Å². The number of aromatic nitrogens is 2. The molecule has 0 aliphatic rings. The van der Waals surface area contributed by atoms with Crippen LogP contribution < -0.4 is 9.47 Å². The van der Waals surface area contributed by atoms with E-state index in [0.717, 1.165) is 0 Å². The van der Waals surface area contributed by atoms with Gasteiger partial charge in [-0.1, -0.05) is 11.6 Å². The van der Waals surface area contributed by atoms with E-state index in [0.29, 0.717) is 33.7 Å². The second-order valence-electron chi connectivity index (χ2n) is 3.71. The van der Waals surface area contributed by atoms with Crippen LogP contribution in [0.15, 0.2) is 24.5 Å². The Labute approximate surface area is 115 Å². The molecule has 5 nitrogen and oxygen atoms in total. The van der Waals surface area contributed by atoms with E-state index in [9.17, 15) is 0 Å². The molecule has 0 aliphatic heterocycles. The number of halogens is 1. The molecule has 2 aromatic rings. The van der Waals surface area contributed by atoms with Crippen molar-refractivity contribution >= 4 is 11.6 Å². The first-order valence-corrected chi connectivity index (χ1v) is 5.76. The maximum Gasteiger partial charge on any atom is 0.226 e. The zero-order chi connectivity index (χ0) is 13.8. The Morgan fingerprint density at radius 2 is 1.95 bits per heavy atom. The third kappa shape index (κ3) is 2.92. The summed E-state index contributed by atoms with van der Waals surface area (Å²) in [6, 6.07) is 6.91. The molecule has 0 N–H and O–H groups in total. The molecule has 0 saturated heterocycles. The van der Waals surface area contributed by atoms with Gasteiger partial charge in [0.15, 0.2) is 0 Å². The Morgan fingerprint density at radius 3 is 2.63 bits per heavy atom. The lowest BCUT2D eigenvalue weighted by Crippen LogP contribution is -1.95. The minimum absolute atomic E-state index is 0.327. The van der Waals surface area contributed by atoms with Crippen molar-refractivity contribution in [1.82, 2.24) is 9.97 Å². The number of rotatable bonds is 3. The lowest BCUT2D eigenvalue weighted by Gasteiger charge is -2.09. The molecule has 0 atom stereocenters. The predicted molar refractivity (Wildman–Crippen MR) is 69.6 cm³/mol. The number of methoxy groups -OCH3 is 1. The second kappa shape index (κ2) is 5.55. The molecule has 0 radical (unpaired) electrons. The van der Waals surface area contributed by atoms with Crippen molar-refractivity contribution in [3.05, 3.63) is 40.8 Å². The molecule has 0 saturated carbocycles. The third-order valence-electron chi connectivity index (χ3n) is 2.44. The Hall–Kier alpha value is -2.32. The summed E-state index contributed by atoms with van der Waals surface area (Å²) in [5.74, 6) is 1.33. The fourth-order valence-electron chi connectivity index (χ4n) is 1.44. The molecule has 0 fully saturated rings. The molecule has 0 spiro atoms. The van der Waals surface area contributed by atoms with Gasteiger partial charge in [0.1, 0.15) is 23.0 Å². The summed E-state index contributed by atoms with van der Waals surface area (Å²) in [6.45, 7) is 1.75. The van der Waals surface area contributed by atoms with Crippen LogP contribution in [0.3, 0.4) is 0 Å². The average molecular weight is 276 g/mol. The van der Waals surface area contributed by atoms with Crippen LogP contribution in [-0.4, -0.2) is 17.1 Å². The van der Waals surface area contributed by atoms with E-state index in [1.165, 1.54) is 13.4 Å².